The molecule has 0 bridgehead atoms. The van der Waals surface area contributed by atoms with Crippen LogP contribution in [0.3, 0.4) is 0 Å². The Morgan fingerprint density at radius 3 is 2.91 bits per heavy atom. The van der Waals surface area contributed by atoms with Crippen LogP contribution in [0.1, 0.15) is 18.6 Å². The molecule has 1 aromatic carbocycles. The second-order valence-corrected chi connectivity index (χ2v) is 5.55. The number of aromatic nitrogens is 1. The van der Waals surface area contributed by atoms with Crippen molar-refractivity contribution >= 4 is 5.91 Å². The van der Waals surface area contributed by atoms with E-state index < -0.39 is 0 Å². The van der Waals surface area contributed by atoms with Crippen LogP contribution in [0, 0.1) is 11.2 Å². The number of benzene rings is 1. The fraction of sp³-hybridized carbons (Fsp3) is 0.375. The molecule has 1 amide bonds. The third-order valence-corrected chi connectivity index (χ3v) is 3.89. The maximum atomic E-state index is 13.7. The first-order valence-corrected chi connectivity index (χ1v) is 7.12. The number of hydrogen-bond acceptors (Lipinski definition) is 4. The minimum Gasteiger partial charge on any atom is -0.384 e. The monoisotopic (exact) mass is 304 g/mol. The third-order valence-electron chi connectivity index (χ3n) is 3.89. The van der Waals surface area contributed by atoms with Gasteiger partial charge in [0.1, 0.15) is 11.5 Å². The molecule has 22 heavy (non-hydrogen) atoms. The van der Waals surface area contributed by atoms with Crippen LogP contribution in [-0.2, 0) is 16.1 Å². The highest BCUT2D eigenvalue weighted by Gasteiger charge is 2.49. The zero-order valence-electron chi connectivity index (χ0n) is 12.3. The quantitative estimate of drug-likeness (QED) is 0.890. The van der Waals surface area contributed by atoms with Crippen LogP contribution in [0.5, 0.6) is 0 Å². The summed E-state index contributed by atoms with van der Waals surface area (Å²) in [7, 11) is 1.59. The van der Waals surface area contributed by atoms with Crippen molar-refractivity contribution in [3.8, 4) is 11.3 Å². The van der Waals surface area contributed by atoms with Gasteiger partial charge in [0.05, 0.1) is 18.6 Å². The van der Waals surface area contributed by atoms with Gasteiger partial charge in [-0.3, -0.25) is 4.79 Å². The molecule has 1 N–H and O–H groups in total. The minimum atomic E-state index is -0.386. The van der Waals surface area contributed by atoms with Crippen LogP contribution in [-0.4, -0.2) is 24.8 Å². The van der Waals surface area contributed by atoms with Crippen LogP contribution in [0.4, 0.5) is 4.39 Å². The third kappa shape index (κ3) is 2.87. The fourth-order valence-corrected chi connectivity index (χ4v) is 2.41. The summed E-state index contributed by atoms with van der Waals surface area (Å²) >= 11 is 0. The van der Waals surface area contributed by atoms with Gasteiger partial charge in [-0.15, -0.1) is 0 Å². The Kier molecular flexibility index (Phi) is 3.94. The Hall–Kier alpha value is -2.21. The molecule has 1 aliphatic carbocycles. The van der Waals surface area contributed by atoms with Crippen LogP contribution in [0.25, 0.3) is 11.3 Å². The van der Waals surface area contributed by atoms with Crippen LogP contribution >= 0.6 is 0 Å². The zero-order chi connectivity index (χ0) is 15.6. The molecular formula is C16H17FN2O3. The maximum absolute atomic E-state index is 13.7. The van der Waals surface area contributed by atoms with E-state index in [1.54, 1.807) is 31.4 Å². The van der Waals surface area contributed by atoms with Crippen molar-refractivity contribution in [2.75, 3.05) is 13.7 Å². The first-order valence-electron chi connectivity index (χ1n) is 7.12. The van der Waals surface area contributed by atoms with E-state index in [0.717, 1.165) is 12.8 Å². The molecule has 0 radical (unpaired) electrons. The minimum absolute atomic E-state index is 0.0433. The van der Waals surface area contributed by atoms with Crippen molar-refractivity contribution in [1.29, 1.82) is 0 Å². The number of halogens is 1. The van der Waals surface area contributed by atoms with Gasteiger partial charge in [0.25, 0.3) is 0 Å². The van der Waals surface area contributed by atoms with Crippen molar-refractivity contribution in [2.45, 2.75) is 19.4 Å². The molecule has 0 unspecified atom stereocenters. The van der Waals surface area contributed by atoms with Gasteiger partial charge in [0, 0.05) is 18.7 Å². The Balaban J connectivity index is 1.63. The summed E-state index contributed by atoms with van der Waals surface area (Å²) in [6, 6.07) is 7.98. The zero-order valence-corrected chi connectivity index (χ0v) is 12.3. The second-order valence-electron chi connectivity index (χ2n) is 5.55. The molecule has 0 aliphatic heterocycles. The number of hydrogen-bond donors (Lipinski definition) is 1. The van der Waals surface area contributed by atoms with Crippen LogP contribution in [0.15, 0.2) is 34.9 Å². The van der Waals surface area contributed by atoms with Crippen LogP contribution in [0.2, 0.25) is 0 Å². The number of rotatable bonds is 6. The summed E-state index contributed by atoms with van der Waals surface area (Å²) in [5.41, 5.74) is 0.408. The molecule has 1 saturated carbocycles. The smallest absolute Gasteiger partial charge is 0.228 e. The molecule has 1 aliphatic rings. The molecular weight excluding hydrogens is 287 g/mol. The number of methoxy groups -OCH3 is 1. The summed E-state index contributed by atoms with van der Waals surface area (Å²) in [5, 5.41) is 6.67. The van der Waals surface area contributed by atoms with E-state index in [9.17, 15) is 9.18 Å². The van der Waals surface area contributed by atoms with Crippen molar-refractivity contribution in [1.82, 2.24) is 10.5 Å². The highest BCUT2D eigenvalue weighted by molar-refractivity contribution is 5.85. The van der Waals surface area contributed by atoms with Crippen molar-refractivity contribution in [3.05, 3.63) is 41.9 Å². The maximum Gasteiger partial charge on any atom is 0.228 e. The normalized spacial score (nSPS) is 15.5. The number of nitrogens with one attached hydrogen (secondary N) is 1. The highest BCUT2D eigenvalue weighted by atomic mass is 19.1. The highest BCUT2D eigenvalue weighted by Crippen LogP contribution is 2.46. The molecule has 3 rings (SSSR count). The summed E-state index contributed by atoms with van der Waals surface area (Å²) < 4.78 is 23.9. The molecule has 1 aromatic heterocycles. The summed E-state index contributed by atoms with van der Waals surface area (Å²) in [6.45, 7) is 0.654. The number of carbonyl (C=O) groups is 1. The lowest BCUT2D eigenvalue weighted by atomic mass is 10.1. The van der Waals surface area contributed by atoms with Gasteiger partial charge >= 0.3 is 0 Å². The van der Waals surface area contributed by atoms with E-state index in [0.29, 0.717) is 23.6 Å². The predicted octanol–water partition coefficient (Wildman–Crippen LogP) is 2.52. The molecule has 0 saturated heterocycles. The van der Waals surface area contributed by atoms with E-state index in [1.807, 2.05) is 0 Å². The summed E-state index contributed by atoms with van der Waals surface area (Å²) in [5.74, 6) is 0.0847. The van der Waals surface area contributed by atoms with E-state index >= 15 is 0 Å². The Labute approximate surface area is 127 Å². The first-order chi connectivity index (χ1) is 10.6. The van der Waals surface area contributed by atoms with Gasteiger partial charge in [-0.05, 0) is 25.0 Å². The molecule has 1 fully saturated rings. The summed E-state index contributed by atoms with van der Waals surface area (Å²) in [4.78, 5) is 12.1. The fourth-order valence-electron chi connectivity index (χ4n) is 2.41. The Morgan fingerprint density at radius 1 is 1.45 bits per heavy atom. The molecule has 0 spiro atoms. The average Bonchev–Trinajstić information content (AvgIpc) is 3.15. The first kappa shape index (κ1) is 14.7. The van der Waals surface area contributed by atoms with Gasteiger partial charge in [0.15, 0.2) is 5.76 Å². The van der Waals surface area contributed by atoms with E-state index in [2.05, 4.69) is 10.5 Å². The Morgan fingerprint density at radius 2 is 2.23 bits per heavy atom. The molecule has 116 valence electrons. The SMILES string of the molecule is COCC1(C(=O)NCc2cc(-c3ccccc3F)no2)CC1. The van der Waals surface area contributed by atoms with Gasteiger partial charge in [-0.1, -0.05) is 17.3 Å². The second kappa shape index (κ2) is 5.88. The van der Waals surface area contributed by atoms with Gasteiger partial charge in [-0.25, -0.2) is 4.39 Å². The number of amides is 1. The van der Waals surface area contributed by atoms with Crippen molar-refractivity contribution < 1.29 is 18.4 Å². The van der Waals surface area contributed by atoms with E-state index in [4.69, 9.17) is 9.26 Å². The largest absolute Gasteiger partial charge is 0.384 e. The lowest BCUT2D eigenvalue weighted by molar-refractivity contribution is -0.128. The standard InChI is InChI=1S/C16H17FN2O3/c1-21-10-16(6-7-16)15(20)18-9-11-8-14(19-22-11)12-4-2-3-5-13(12)17/h2-5,8H,6-7,9-10H2,1H3,(H,18,20). The lowest BCUT2D eigenvalue weighted by Crippen LogP contribution is -2.34. The molecule has 2 aromatic rings. The van der Waals surface area contributed by atoms with Gasteiger partial charge < -0.3 is 14.6 Å². The van der Waals surface area contributed by atoms with E-state index in [1.165, 1.54) is 6.07 Å². The molecule has 5 nitrogen and oxygen atoms in total. The van der Waals surface area contributed by atoms with Crippen LogP contribution < -0.4 is 5.32 Å². The number of carbonyl (C=O) groups excluding carboxylic acids is 1. The molecule has 6 heteroatoms. The van der Waals surface area contributed by atoms with Crippen molar-refractivity contribution in [3.63, 3.8) is 0 Å². The van der Waals surface area contributed by atoms with E-state index in [-0.39, 0.29) is 23.7 Å². The summed E-state index contributed by atoms with van der Waals surface area (Å²) in [6.07, 6.45) is 1.67. The number of nitrogens with zero attached hydrogens (tertiary/aromatic N) is 1. The number of ether oxygens (including phenoxy) is 1. The molecule has 1 heterocycles. The lowest BCUT2D eigenvalue weighted by Gasteiger charge is -2.12. The average molecular weight is 304 g/mol. The van der Waals surface area contributed by atoms with Gasteiger partial charge in [0.2, 0.25) is 5.91 Å². The molecule has 0 atom stereocenters. The van der Waals surface area contributed by atoms with Crippen molar-refractivity contribution in [2.24, 2.45) is 5.41 Å². The topological polar surface area (TPSA) is 64.4 Å². The Bertz CT molecular complexity index is 680. The van der Waals surface area contributed by atoms with Gasteiger partial charge in [-0.2, -0.15) is 0 Å². The predicted molar refractivity (Wildman–Crippen MR) is 77.3 cm³/mol.